The van der Waals surface area contributed by atoms with E-state index in [4.69, 9.17) is 4.52 Å². The van der Waals surface area contributed by atoms with Crippen molar-refractivity contribution in [1.29, 1.82) is 0 Å². The highest BCUT2D eigenvalue weighted by Crippen LogP contribution is 2.38. The Kier molecular flexibility index (Phi) is 3.20. The molecule has 0 aliphatic carbocycles. The van der Waals surface area contributed by atoms with Gasteiger partial charge in [0.25, 0.3) is 5.91 Å². The quantitative estimate of drug-likeness (QED) is 0.787. The lowest BCUT2D eigenvalue weighted by molar-refractivity contribution is -0.144. The Balaban J connectivity index is 1.53. The Morgan fingerprint density at radius 3 is 3.00 bits per heavy atom. The van der Waals surface area contributed by atoms with Crippen LogP contribution >= 0.6 is 0 Å². The molecule has 0 aromatic carbocycles. The monoisotopic (exact) mass is 303 g/mol. The number of carbonyl (C=O) groups is 2. The van der Waals surface area contributed by atoms with Gasteiger partial charge < -0.3 is 14.3 Å². The van der Waals surface area contributed by atoms with E-state index in [9.17, 15) is 9.59 Å². The average molecular weight is 303 g/mol. The molecule has 4 heterocycles. The topological polar surface area (TPSA) is 66.7 Å². The van der Waals surface area contributed by atoms with Crippen LogP contribution in [-0.2, 0) is 4.79 Å². The van der Waals surface area contributed by atoms with E-state index >= 15 is 0 Å². The van der Waals surface area contributed by atoms with Crippen molar-refractivity contribution in [3.63, 3.8) is 0 Å². The van der Waals surface area contributed by atoms with Gasteiger partial charge in [0.1, 0.15) is 5.76 Å². The van der Waals surface area contributed by atoms with Gasteiger partial charge in [0.05, 0.1) is 0 Å². The number of piperidine rings is 3. The number of carbonyl (C=O) groups excluding carboxylic acids is 2. The van der Waals surface area contributed by atoms with Crippen LogP contribution in [0, 0.1) is 18.8 Å². The summed E-state index contributed by atoms with van der Waals surface area (Å²) in [5, 5.41) is 3.85. The van der Waals surface area contributed by atoms with Crippen LogP contribution in [0.15, 0.2) is 10.6 Å². The Hall–Kier alpha value is -1.85. The minimum absolute atomic E-state index is 0.0397. The van der Waals surface area contributed by atoms with Crippen LogP contribution in [0.3, 0.4) is 0 Å². The third kappa shape index (κ3) is 2.21. The molecule has 3 saturated heterocycles. The molecule has 1 aromatic heterocycles. The Labute approximate surface area is 129 Å². The van der Waals surface area contributed by atoms with Gasteiger partial charge in [-0.1, -0.05) is 5.16 Å². The molecule has 2 bridgehead atoms. The predicted molar refractivity (Wildman–Crippen MR) is 78.1 cm³/mol. The minimum Gasteiger partial charge on any atom is -0.361 e. The maximum Gasteiger partial charge on any atom is 0.276 e. The van der Waals surface area contributed by atoms with E-state index in [1.807, 2.05) is 4.90 Å². The minimum atomic E-state index is -0.0397. The second kappa shape index (κ2) is 5.11. The molecule has 3 atom stereocenters. The van der Waals surface area contributed by atoms with E-state index in [1.165, 1.54) is 0 Å². The lowest BCUT2D eigenvalue weighted by Crippen LogP contribution is -2.61. The summed E-state index contributed by atoms with van der Waals surface area (Å²) in [6.07, 6.45) is 3.89. The van der Waals surface area contributed by atoms with Gasteiger partial charge in [-0.05, 0) is 38.0 Å². The molecule has 0 saturated carbocycles. The molecule has 2 amide bonds. The van der Waals surface area contributed by atoms with Crippen LogP contribution in [0.25, 0.3) is 0 Å². The summed E-state index contributed by atoms with van der Waals surface area (Å²) in [4.78, 5) is 28.7. The standard InChI is InChI=1S/C16H21N3O3/c1-10-5-13(17-22-10)16(21)18-7-11-6-12(9-18)14-3-2-4-15(20)19(14)8-11/h5,11-12,14H,2-4,6-9H2,1H3/t11?,12?,14-/m1/s1. The molecule has 22 heavy (non-hydrogen) atoms. The summed E-state index contributed by atoms with van der Waals surface area (Å²) in [5.41, 5.74) is 0.397. The molecule has 2 unspecified atom stereocenters. The fourth-order valence-electron chi connectivity index (χ4n) is 4.40. The largest absolute Gasteiger partial charge is 0.361 e. The zero-order valence-electron chi connectivity index (χ0n) is 12.8. The van der Waals surface area contributed by atoms with Crippen molar-refractivity contribution in [2.45, 2.75) is 38.6 Å². The Morgan fingerprint density at radius 1 is 1.36 bits per heavy atom. The summed E-state index contributed by atoms with van der Waals surface area (Å²) in [6, 6.07) is 2.02. The Bertz CT molecular complexity index is 612. The highest BCUT2D eigenvalue weighted by atomic mass is 16.5. The van der Waals surface area contributed by atoms with Crippen molar-refractivity contribution in [3.05, 3.63) is 17.5 Å². The number of amides is 2. The van der Waals surface area contributed by atoms with Gasteiger partial charge in [-0.15, -0.1) is 0 Å². The van der Waals surface area contributed by atoms with Gasteiger partial charge >= 0.3 is 0 Å². The van der Waals surface area contributed by atoms with Crippen LogP contribution in [-0.4, -0.2) is 52.4 Å². The first-order valence-electron chi connectivity index (χ1n) is 8.14. The summed E-state index contributed by atoms with van der Waals surface area (Å²) >= 11 is 0. The third-order valence-electron chi connectivity index (χ3n) is 5.31. The number of likely N-dealkylation sites (tertiary alicyclic amines) is 1. The Morgan fingerprint density at radius 2 is 2.23 bits per heavy atom. The van der Waals surface area contributed by atoms with Gasteiger partial charge in [-0.3, -0.25) is 9.59 Å². The first kappa shape index (κ1) is 13.8. The fraction of sp³-hybridized carbons (Fsp3) is 0.688. The molecule has 3 aliphatic rings. The van der Waals surface area contributed by atoms with Gasteiger partial charge in [-0.2, -0.15) is 0 Å². The highest BCUT2D eigenvalue weighted by Gasteiger charge is 2.45. The van der Waals surface area contributed by atoms with Gasteiger partial charge in [0.15, 0.2) is 5.69 Å². The van der Waals surface area contributed by atoms with E-state index in [-0.39, 0.29) is 5.91 Å². The SMILES string of the molecule is Cc1cc(C(=O)N2CC3CC(C2)[C@H]2CCCC(=O)N2C3)no1. The number of aromatic nitrogens is 1. The molecular formula is C16H21N3O3. The summed E-state index contributed by atoms with van der Waals surface area (Å²) < 4.78 is 5.02. The molecular weight excluding hydrogens is 282 g/mol. The second-order valence-electron chi connectivity index (χ2n) is 6.90. The molecule has 1 aromatic rings. The number of nitrogens with zero attached hydrogens (tertiary/aromatic N) is 3. The van der Waals surface area contributed by atoms with Crippen molar-refractivity contribution in [2.75, 3.05) is 19.6 Å². The third-order valence-corrected chi connectivity index (χ3v) is 5.31. The maximum atomic E-state index is 12.6. The molecule has 0 spiro atoms. The highest BCUT2D eigenvalue weighted by molar-refractivity contribution is 5.92. The number of hydrogen-bond donors (Lipinski definition) is 0. The van der Waals surface area contributed by atoms with E-state index in [2.05, 4.69) is 10.1 Å². The molecule has 118 valence electrons. The normalized spacial score (nSPS) is 31.1. The van der Waals surface area contributed by atoms with Crippen LogP contribution < -0.4 is 0 Å². The van der Waals surface area contributed by atoms with Gasteiger partial charge in [0.2, 0.25) is 5.91 Å². The van der Waals surface area contributed by atoms with Crippen molar-refractivity contribution in [1.82, 2.24) is 15.0 Å². The molecule has 0 radical (unpaired) electrons. The lowest BCUT2D eigenvalue weighted by atomic mass is 9.76. The van der Waals surface area contributed by atoms with Gasteiger partial charge in [-0.25, -0.2) is 0 Å². The van der Waals surface area contributed by atoms with E-state index in [0.29, 0.717) is 41.7 Å². The number of rotatable bonds is 1. The lowest BCUT2D eigenvalue weighted by Gasteiger charge is -2.52. The molecule has 3 aliphatic heterocycles. The molecule has 6 heteroatoms. The van der Waals surface area contributed by atoms with Gasteiger partial charge in [0, 0.05) is 38.2 Å². The van der Waals surface area contributed by atoms with E-state index in [0.717, 1.165) is 38.9 Å². The zero-order valence-corrected chi connectivity index (χ0v) is 12.8. The number of aryl methyl sites for hydroxylation is 1. The molecule has 0 N–H and O–H groups in total. The predicted octanol–water partition coefficient (Wildman–Crippen LogP) is 1.46. The van der Waals surface area contributed by atoms with Crippen molar-refractivity contribution in [2.24, 2.45) is 11.8 Å². The average Bonchev–Trinajstić information content (AvgIpc) is 2.94. The van der Waals surface area contributed by atoms with Crippen LogP contribution in [0.1, 0.15) is 41.9 Å². The zero-order chi connectivity index (χ0) is 15.3. The van der Waals surface area contributed by atoms with Crippen LogP contribution in [0.4, 0.5) is 0 Å². The molecule has 4 rings (SSSR count). The number of hydrogen-bond acceptors (Lipinski definition) is 4. The first-order chi connectivity index (χ1) is 10.6. The second-order valence-corrected chi connectivity index (χ2v) is 6.90. The van der Waals surface area contributed by atoms with Crippen molar-refractivity contribution in [3.8, 4) is 0 Å². The first-order valence-corrected chi connectivity index (χ1v) is 8.14. The summed E-state index contributed by atoms with van der Waals surface area (Å²) in [5.74, 6) is 1.73. The maximum absolute atomic E-state index is 12.6. The summed E-state index contributed by atoms with van der Waals surface area (Å²) in [7, 11) is 0. The van der Waals surface area contributed by atoms with Crippen LogP contribution in [0.5, 0.6) is 0 Å². The van der Waals surface area contributed by atoms with E-state index in [1.54, 1.807) is 13.0 Å². The van der Waals surface area contributed by atoms with Crippen molar-refractivity contribution >= 4 is 11.8 Å². The number of fused-ring (bicyclic) bond motifs is 4. The van der Waals surface area contributed by atoms with Crippen molar-refractivity contribution < 1.29 is 14.1 Å². The van der Waals surface area contributed by atoms with E-state index < -0.39 is 0 Å². The summed E-state index contributed by atoms with van der Waals surface area (Å²) in [6.45, 7) is 4.05. The fourth-order valence-corrected chi connectivity index (χ4v) is 4.40. The smallest absolute Gasteiger partial charge is 0.276 e. The molecule has 3 fully saturated rings. The van der Waals surface area contributed by atoms with Crippen LogP contribution in [0.2, 0.25) is 0 Å². The molecule has 6 nitrogen and oxygen atoms in total.